The third-order valence-electron chi connectivity index (χ3n) is 2.97. The van der Waals surface area contributed by atoms with Crippen molar-refractivity contribution >= 4 is 15.9 Å². The number of rotatable bonds is 4. The quantitative estimate of drug-likeness (QED) is 0.858. The van der Waals surface area contributed by atoms with Crippen molar-refractivity contribution in [2.24, 2.45) is 0 Å². The molecule has 2 aromatic rings. The fourth-order valence-electron chi connectivity index (χ4n) is 1.78. The topological polar surface area (TPSA) is 34.1 Å². The number of aryl methyl sites for hydroxylation is 1. The highest BCUT2D eigenvalue weighted by atomic mass is 79.9. The normalized spacial score (nSPS) is 11.5. The maximum Gasteiger partial charge on any atom is 0.219 e. The number of pyridine rings is 1. The minimum atomic E-state index is 0.101. The molecule has 3 nitrogen and oxygen atoms in total. The lowest BCUT2D eigenvalue weighted by Gasteiger charge is -2.20. The molecule has 0 aliphatic heterocycles. The zero-order valence-corrected chi connectivity index (χ0v) is 14.5. The van der Waals surface area contributed by atoms with Crippen LogP contribution in [0.3, 0.4) is 0 Å². The molecule has 2 rings (SSSR count). The summed E-state index contributed by atoms with van der Waals surface area (Å²) in [5.74, 6) is 1.44. The Hall–Kier alpha value is -1.39. The van der Waals surface area contributed by atoms with Gasteiger partial charge in [-0.1, -0.05) is 22.0 Å². The lowest BCUT2D eigenvalue weighted by molar-refractivity contribution is 0.423. The molecule has 0 saturated heterocycles. The molecule has 0 fully saturated rings. The fraction of sp³-hybridized carbons (Fsp3) is 0.353. The zero-order chi connectivity index (χ0) is 15.5. The van der Waals surface area contributed by atoms with Crippen molar-refractivity contribution in [3.05, 3.63) is 52.1 Å². The van der Waals surface area contributed by atoms with E-state index in [1.54, 1.807) is 0 Å². The molecule has 0 bridgehead atoms. The van der Waals surface area contributed by atoms with E-state index in [9.17, 15) is 0 Å². The highest BCUT2D eigenvalue weighted by Gasteiger charge is 2.09. The summed E-state index contributed by atoms with van der Waals surface area (Å²) < 4.78 is 6.86. The summed E-state index contributed by atoms with van der Waals surface area (Å²) in [5.41, 5.74) is 2.32. The van der Waals surface area contributed by atoms with Crippen LogP contribution in [0.1, 0.15) is 31.9 Å². The van der Waals surface area contributed by atoms with Crippen LogP contribution in [0.4, 0.5) is 0 Å². The molecular formula is C17H21BrN2O. The molecule has 1 N–H and O–H groups in total. The Morgan fingerprint density at radius 2 is 1.95 bits per heavy atom. The Balaban J connectivity index is 2.02. The molecule has 0 saturated carbocycles. The summed E-state index contributed by atoms with van der Waals surface area (Å²) in [6.45, 7) is 9.26. The van der Waals surface area contributed by atoms with Crippen LogP contribution in [0.5, 0.6) is 11.6 Å². The molecule has 112 valence electrons. The Labute approximate surface area is 134 Å². The lowest BCUT2D eigenvalue weighted by Crippen LogP contribution is -2.35. The summed E-state index contributed by atoms with van der Waals surface area (Å²) in [6, 6.07) is 9.87. The van der Waals surface area contributed by atoms with Gasteiger partial charge in [-0.2, -0.15) is 0 Å². The number of benzene rings is 1. The smallest absolute Gasteiger partial charge is 0.219 e. The Bertz CT molecular complexity index is 603. The van der Waals surface area contributed by atoms with Crippen molar-refractivity contribution in [1.29, 1.82) is 0 Å². The highest BCUT2D eigenvalue weighted by molar-refractivity contribution is 9.10. The number of halogens is 1. The molecule has 1 aromatic carbocycles. The molecule has 0 radical (unpaired) electrons. The van der Waals surface area contributed by atoms with E-state index < -0.39 is 0 Å². The summed E-state index contributed by atoms with van der Waals surface area (Å²) in [5, 5.41) is 3.44. The maximum atomic E-state index is 5.81. The Morgan fingerprint density at radius 3 is 2.52 bits per heavy atom. The Kier molecular flexibility index (Phi) is 5.01. The standard InChI is InChI=1S/C17H21BrN2O/c1-12-9-14(18)6-7-15(12)21-16-8-5-13(10-19-16)11-20-17(2,3)4/h5-10,20H,11H2,1-4H3. The van der Waals surface area contributed by atoms with Crippen LogP contribution in [0.25, 0.3) is 0 Å². The van der Waals surface area contributed by atoms with E-state index in [4.69, 9.17) is 4.74 Å². The molecule has 1 aromatic heterocycles. The van der Waals surface area contributed by atoms with E-state index in [1.165, 1.54) is 0 Å². The van der Waals surface area contributed by atoms with Crippen LogP contribution < -0.4 is 10.1 Å². The van der Waals surface area contributed by atoms with Gasteiger partial charge in [-0.3, -0.25) is 0 Å². The van der Waals surface area contributed by atoms with Crippen molar-refractivity contribution in [2.45, 2.75) is 39.8 Å². The fourth-order valence-corrected chi connectivity index (χ4v) is 2.26. The van der Waals surface area contributed by atoms with Gasteiger partial charge in [0.2, 0.25) is 5.88 Å². The van der Waals surface area contributed by atoms with Crippen molar-refractivity contribution in [3.63, 3.8) is 0 Å². The summed E-state index contributed by atoms with van der Waals surface area (Å²) in [7, 11) is 0. The first-order valence-corrected chi connectivity index (χ1v) is 7.77. The third kappa shape index (κ3) is 5.14. The molecule has 4 heteroatoms. The molecule has 0 amide bonds. The van der Waals surface area contributed by atoms with Gasteiger partial charge in [0.15, 0.2) is 0 Å². The summed E-state index contributed by atoms with van der Waals surface area (Å²) in [6.07, 6.45) is 1.85. The van der Waals surface area contributed by atoms with E-state index >= 15 is 0 Å². The molecule has 0 atom stereocenters. The van der Waals surface area contributed by atoms with Crippen molar-refractivity contribution < 1.29 is 4.74 Å². The summed E-state index contributed by atoms with van der Waals surface area (Å²) >= 11 is 3.45. The predicted octanol–water partition coefficient (Wildman–Crippen LogP) is 4.83. The van der Waals surface area contributed by atoms with Crippen LogP contribution in [0.15, 0.2) is 41.0 Å². The lowest BCUT2D eigenvalue weighted by atomic mass is 10.1. The number of nitrogens with one attached hydrogen (secondary N) is 1. The van der Waals surface area contributed by atoms with Crippen LogP contribution in [0.2, 0.25) is 0 Å². The second-order valence-electron chi connectivity index (χ2n) is 6.12. The number of aromatic nitrogens is 1. The maximum absolute atomic E-state index is 5.81. The number of hydrogen-bond donors (Lipinski definition) is 1. The summed E-state index contributed by atoms with van der Waals surface area (Å²) in [4.78, 5) is 4.36. The monoisotopic (exact) mass is 348 g/mol. The number of hydrogen-bond acceptors (Lipinski definition) is 3. The van der Waals surface area contributed by atoms with Gasteiger partial charge in [-0.25, -0.2) is 4.98 Å². The first kappa shape index (κ1) is 16.0. The van der Waals surface area contributed by atoms with Crippen LogP contribution in [-0.4, -0.2) is 10.5 Å². The molecule has 0 aliphatic carbocycles. The Morgan fingerprint density at radius 1 is 1.19 bits per heavy atom. The van der Waals surface area contributed by atoms with E-state index in [-0.39, 0.29) is 5.54 Å². The second kappa shape index (κ2) is 6.58. The van der Waals surface area contributed by atoms with E-state index in [0.29, 0.717) is 5.88 Å². The van der Waals surface area contributed by atoms with Crippen molar-refractivity contribution in [1.82, 2.24) is 10.3 Å². The van der Waals surface area contributed by atoms with E-state index in [2.05, 4.69) is 47.0 Å². The van der Waals surface area contributed by atoms with Gasteiger partial charge >= 0.3 is 0 Å². The molecule has 0 spiro atoms. The first-order chi connectivity index (χ1) is 9.83. The third-order valence-corrected chi connectivity index (χ3v) is 3.47. The number of ether oxygens (including phenoxy) is 1. The van der Waals surface area contributed by atoms with Crippen LogP contribution >= 0.6 is 15.9 Å². The van der Waals surface area contributed by atoms with Crippen molar-refractivity contribution in [3.8, 4) is 11.6 Å². The van der Waals surface area contributed by atoms with Gasteiger partial charge < -0.3 is 10.1 Å². The van der Waals surface area contributed by atoms with Gasteiger partial charge in [0.25, 0.3) is 0 Å². The molecule has 0 unspecified atom stereocenters. The molecular weight excluding hydrogens is 328 g/mol. The molecule has 0 aliphatic rings. The molecule has 1 heterocycles. The van der Waals surface area contributed by atoms with Gasteiger partial charge in [-0.15, -0.1) is 0 Å². The van der Waals surface area contributed by atoms with Crippen LogP contribution in [-0.2, 0) is 6.54 Å². The van der Waals surface area contributed by atoms with E-state index in [0.717, 1.165) is 27.9 Å². The zero-order valence-electron chi connectivity index (χ0n) is 12.9. The average molecular weight is 349 g/mol. The average Bonchev–Trinajstić information content (AvgIpc) is 2.40. The number of nitrogens with zero attached hydrogens (tertiary/aromatic N) is 1. The minimum absolute atomic E-state index is 0.101. The minimum Gasteiger partial charge on any atom is -0.439 e. The van der Waals surface area contributed by atoms with E-state index in [1.807, 2.05) is 43.5 Å². The van der Waals surface area contributed by atoms with Gasteiger partial charge in [0.05, 0.1) is 0 Å². The van der Waals surface area contributed by atoms with Crippen LogP contribution in [0, 0.1) is 6.92 Å². The van der Waals surface area contributed by atoms with Crippen molar-refractivity contribution in [2.75, 3.05) is 0 Å². The van der Waals surface area contributed by atoms with Gasteiger partial charge in [-0.05, 0) is 57.0 Å². The first-order valence-electron chi connectivity index (χ1n) is 6.97. The highest BCUT2D eigenvalue weighted by Crippen LogP contribution is 2.26. The SMILES string of the molecule is Cc1cc(Br)ccc1Oc1ccc(CNC(C)(C)C)cn1. The molecule has 21 heavy (non-hydrogen) atoms. The van der Waals surface area contributed by atoms with Gasteiger partial charge in [0, 0.05) is 28.8 Å². The van der Waals surface area contributed by atoms with Gasteiger partial charge in [0.1, 0.15) is 5.75 Å². The largest absolute Gasteiger partial charge is 0.439 e. The predicted molar refractivity (Wildman–Crippen MR) is 89.8 cm³/mol. The second-order valence-corrected chi connectivity index (χ2v) is 7.04.